The fourth-order valence-corrected chi connectivity index (χ4v) is 4.06. The van der Waals surface area contributed by atoms with Crippen LogP contribution in [0.2, 0.25) is 0 Å². The van der Waals surface area contributed by atoms with Gasteiger partial charge in [-0.2, -0.15) is 0 Å². The zero-order chi connectivity index (χ0) is 19.2. The summed E-state index contributed by atoms with van der Waals surface area (Å²) in [6.45, 7) is 9.17. The lowest BCUT2D eigenvalue weighted by molar-refractivity contribution is -0.0502. The Morgan fingerprint density at radius 3 is 2.96 bits per heavy atom. The van der Waals surface area contributed by atoms with Crippen molar-refractivity contribution in [3.05, 3.63) is 54.6 Å². The minimum Gasteiger partial charge on any atom is -0.373 e. The highest BCUT2D eigenvalue weighted by Gasteiger charge is 2.41. The average molecular weight is 383 g/mol. The van der Waals surface area contributed by atoms with Crippen LogP contribution in [0.4, 0.5) is 0 Å². The summed E-state index contributed by atoms with van der Waals surface area (Å²) >= 11 is 0. The van der Waals surface area contributed by atoms with Gasteiger partial charge in [-0.15, -0.1) is 0 Å². The zero-order valence-electron chi connectivity index (χ0n) is 16.6. The van der Waals surface area contributed by atoms with Crippen LogP contribution in [0.5, 0.6) is 0 Å². The molecule has 3 heterocycles. The van der Waals surface area contributed by atoms with Gasteiger partial charge < -0.3 is 19.5 Å². The van der Waals surface area contributed by atoms with Crippen LogP contribution >= 0.6 is 0 Å². The first kappa shape index (κ1) is 19.0. The number of benzene rings is 1. The summed E-state index contributed by atoms with van der Waals surface area (Å²) in [6.07, 6.45) is 5.86. The van der Waals surface area contributed by atoms with E-state index < -0.39 is 0 Å². The van der Waals surface area contributed by atoms with Crippen molar-refractivity contribution in [1.29, 1.82) is 0 Å². The molecule has 0 bridgehead atoms. The van der Waals surface area contributed by atoms with Crippen molar-refractivity contribution in [3.8, 4) is 0 Å². The molecule has 150 valence electrons. The molecule has 28 heavy (non-hydrogen) atoms. The third kappa shape index (κ3) is 4.54. The van der Waals surface area contributed by atoms with Gasteiger partial charge in [-0.3, -0.25) is 9.89 Å². The monoisotopic (exact) mass is 382 g/mol. The van der Waals surface area contributed by atoms with E-state index in [4.69, 9.17) is 9.73 Å². The number of hydrogen-bond donors (Lipinski definition) is 1. The summed E-state index contributed by atoms with van der Waals surface area (Å²) in [5.41, 5.74) is 1.36. The molecule has 0 radical (unpaired) electrons. The summed E-state index contributed by atoms with van der Waals surface area (Å²) in [4.78, 5) is 13.9. The molecule has 2 unspecified atom stereocenters. The molecule has 0 aliphatic carbocycles. The van der Waals surface area contributed by atoms with Gasteiger partial charge in [0.1, 0.15) is 0 Å². The van der Waals surface area contributed by atoms with Crippen molar-refractivity contribution in [1.82, 2.24) is 24.7 Å². The largest absolute Gasteiger partial charge is 0.373 e. The Morgan fingerprint density at radius 1 is 1.29 bits per heavy atom. The maximum atomic E-state index is 6.11. The second-order valence-corrected chi connectivity index (χ2v) is 7.37. The number of nitrogens with one attached hydrogen (secondary N) is 1. The molecule has 2 fully saturated rings. The first-order valence-corrected chi connectivity index (χ1v) is 10.2. The normalized spacial score (nSPS) is 23.0. The van der Waals surface area contributed by atoms with E-state index in [9.17, 15) is 0 Å². The molecule has 0 spiro atoms. The van der Waals surface area contributed by atoms with Gasteiger partial charge in [0.2, 0.25) is 0 Å². The molecule has 4 rings (SSSR count). The summed E-state index contributed by atoms with van der Waals surface area (Å²) in [6, 6.07) is 11.1. The van der Waals surface area contributed by atoms with Gasteiger partial charge in [0.05, 0.1) is 31.6 Å². The third-order valence-electron chi connectivity index (χ3n) is 5.46. The van der Waals surface area contributed by atoms with Crippen molar-refractivity contribution < 1.29 is 4.74 Å². The molecule has 1 aromatic carbocycles. The highest BCUT2D eigenvalue weighted by atomic mass is 16.5. The zero-order valence-corrected chi connectivity index (χ0v) is 16.6. The second-order valence-electron chi connectivity index (χ2n) is 7.37. The fourth-order valence-electron chi connectivity index (χ4n) is 4.06. The number of hydrogen-bond acceptors (Lipinski definition) is 4. The Hall–Kier alpha value is -2.38. The molecule has 2 atom stereocenters. The Balaban J connectivity index is 1.40. The molecule has 2 aliphatic rings. The number of ether oxygens (including phenoxy) is 1. The van der Waals surface area contributed by atoms with Crippen LogP contribution in [-0.4, -0.2) is 76.8 Å². The SMILES string of the molecule is CCNC(=NCCn1ccnc1)N1CC2OCCN(Cc3ccccc3)C2C1. The van der Waals surface area contributed by atoms with Crippen LogP contribution in [-0.2, 0) is 17.8 Å². The molecule has 7 nitrogen and oxygen atoms in total. The molecule has 2 aliphatic heterocycles. The van der Waals surface area contributed by atoms with Gasteiger partial charge in [0.15, 0.2) is 5.96 Å². The molecule has 2 aromatic rings. The molecule has 0 amide bonds. The van der Waals surface area contributed by atoms with E-state index in [1.165, 1.54) is 5.56 Å². The quantitative estimate of drug-likeness (QED) is 0.605. The van der Waals surface area contributed by atoms with Gasteiger partial charge in [-0.05, 0) is 12.5 Å². The predicted octanol–water partition coefficient (Wildman–Crippen LogP) is 1.43. The van der Waals surface area contributed by atoms with Crippen LogP contribution < -0.4 is 5.32 Å². The number of likely N-dealkylation sites (tertiary alicyclic amines) is 1. The summed E-state index contributed by atoms with van der Waals surface area (Å²) < 4.78 is 8.17. The van der Waals surface area contributed by atoms with E-state index in [0.29, 0.717) is 6.04 Å². The van der Waals surface area contributed by atoms with Crippen LogP contribution in [0.1, 0.15) is 12.5 Å². The van der Waals surface area contributed by atoms with Gasteiger partial charge in [-0.25, -0.2) is 4.98 Å². The predicted molar refractivity (Wildman–Crippen MR) is 110 cm³/mol. The summed E-state index contributed by atoms with van der Waals surface area (Å²) in [5.74, 6) is 0.986. The maximum absolute atomic E-state index is 6.11. The van der Waals surface area contributed by atoms with E-state index in [1.54, 1.807) is 6.20 Å². The second kappa shape index (κ2) is 9.21. The number of guanidine groups is 1. The number of morpholine rings is 1. The fraction of sp³-hybridized carbons (Fsp3) is 0.524. The number of fused-ring (bicyclic) bond motifs is 1. The number of nitrogens with zero attached hydrogens (tertiary/aromatic N) is 5. The highest BCUT2D eigenvalue weighted by Crippen LogP contribution is 2.24. The number of aromatic nitrogens is 2. The number of rotatable bonds is 6. The molecule has 1 N–H and O–H groups in total. The standard InChI is InChI=1S/C21H30N6O/c1-2-23-21(24-9-11-25-10-8-22-17-25)27-15-19-20(16-27)28-13-12-26(19)14-18-6-4-3-5-7-18/h3-8,10,17,19-20H,2,9,11-16H2,1H3,(H,23,24). The van der Waals surface area contributed by atoms with Gasteiger partial charge in [0.25, 0.3) is 0 Å². The molecular formula is C21H30N6O. The molecular weight excluding hydrogens is 352 g/mol. The van der Waals surface area contributed by atoms with Crippen LogP contribution in [0, 0.1) is 0 Å². The van der Waals surface area contributed by atoms with Crippen molar-refractivity contribution >= 4 is 5.96 Å². The molecule has 1 aromatic heterocycles. The third-order valence-corrected chi connectivity index (χ3v) is 5.46. The van der Waals surface area contributed by atoms with Crippen LogP contribution in [0.15, 0.2) is 54.0 Å². The van der Waals surface area contributed by atoms with Crippen molar-refractivity contribution in [2.24, 2.45) is 4.99 Å². The Morgan fingerprint density at radius 2 is 2.18 bits per heavy atom. The molecule has 7 heteroatoms. The summed E-state index contributed by atoms with van der Waals surface area (Å²) in [7, 11) is 0. The van der Waals surface area contributed by atoms with Gasteiger partial charge in [0, 0.05) is 51.7 Å². The van der Waals surface area contributed by atoms with E-state index in [2.05, 4.69) is 61.9 Å². The maximum Gasteiger partial charge on any atom is 0.194 e. The Kier molecular flexibility index (Phi) is 6.24. The number of aliphatic imine (C=N–C) groups is 1. The lowest BCUT2D eigenvalue weighted by atomic mass is 10.1. The average Bonchev–Trinajstić information content (AvgIpc) is 3.38. The smallest absolute Gasteiger partial charge is 0.194 e. The van der Waals surface area contributed by atoms with E-state index in [-0.39, 0.29) is 6.10 Å². The van der Waals surface area contributed by atoms with Gasteiger partial charge >= 0.3 is 0 Å². The van der Waals surface area contributed by atoms with E-state index in [1.807, 2.05) is 12.5 Å². The lowest BCUT2D eigenvalue weighted by Crippen LogP contribution is -2.50. The van der Waals surface area contributed by atoms with Crippen LogP contribution in [0.25, 0.3) is 0 Å². The highest BCUT2D eigenvalue weighted by molar-refractivity contribution is 5.80. The topological polar surface area (TPSA) is 57.9 Å². The molecule has 0 saturated carbocycles. The first-order valence-electron chi connectivity index (χ1n) is 10.2. The van der Waals surface area contributed by atoms with E-state index >= 15 is 0 Å². The van der Waals surface area contributed by atoms with Crippen molar-refractivity contribution in [2.75, 3.05) is 39.3 Å². The minimum atomic E-state index is 0.245. The minimum absolute atomic E-state index is 0.245. The summed E-state index contributed by atoms with van der Waals surface area (Å²) in [5, 5.41) is 3.46. The Bertz CT molecular complexity index is 748. The van der Waals surface area contributed by atoms with Gasteiger partial charge in [-0.1, -0.05) is 30.3 Å². The van der Waals surface area contributed by atoms with Crippen molar-refractivity contribution in [2.45, 2.75) is 32.2 Å². The molecule has 2 saturated heterocycles. The lowest BCUT2D eigenvalue weighted by Gasteiger charge is -2.36. The Labute approximate surface area is 167 Å². The van der Waals surface area contributed by atoms with Crippen LogP contribution in [0.3, 0.4) is 0 Å². The van der Waals surface area contributed by atoms with Crippen molar-refractivity contribution in [3.63, 3.8) is 0 Å². The van der Waals surface area contributed by atoms with E-state index in [0.717, 1.165) is 58.4 Å². The number of imidazole rings is 1. The first-order chi connectivity index (χ1) is 13.8.